The smallest absolute Gasteiger partial charge is 0.334 e. The van der Waals surface area contributed by atoms with E-state index in [2.05, 4.69) is 6.58 Å². The average Bonchev–Trinajstić information content (AvgIpc) is 3.01. The zero-order chi connectivity index (χ0) is 15.7. The number of benzene rings is 1. The zero-order valence-electron chi connectivity index (χ0n) is 12.4. The number of carbonyl (C=O) groups excluding carboxylic acids is 1. The number of esters is 1. The van der Waals surface area contributed by atoms with Crippen LogP contribution in [0.15, 0.2) is 53.2 Å². The van der Waals surface area contributed by atoms with Gasteiger partial charge in [-0.05, 0) is 56.0 Å². The highest BCUT2D eigenvalue weighted by molar-refractivity contribution is 5.87. The van der Waals surface area contributed by atoms with Crippen molar-refractivity contribution < 1.29 is 18.3 Å². The van der Waals surface area contributed by atoms with Crippen LogP contribution < -0.4 is 0 Å². The Morgan fingerprint density at radius 1 is 1.41 bits per heavy atom. The molecule has 1 aromatic carbocycles. The molecule has 0 spiro atoms. The molecule has 0 bridgehead atoms. The molecule has 1 atom stereocenters. The van der Waals surface area contributed by atoms with Gasteiger partial charge in [-0.2, -0.15) is 0 Å². The molecule has 114 valence electrons. The summed E-state index contributed by atoms with van der Waals surface area (Å²) in [6.07, 6.45) is 3.67. The van der Waals surface area contributed by atoms with Gasteiger partial charge in [-0.25, -0.2) is 9.18 Å². The van der Waals surface area contributed by atoms with Gasteiger partial charge in [0.15, 0.2) is 11.4 Å². The summed E-state index contributed by atoms with van der Waals surface area (Å²) in [5, 5.41) is 0. The fraction of sp³-hybridized carbons (Fsp3) is 0.278. The molecule has 1 aliphatic rings. The van der Waals surface area contributed by atoms with Crippen molar-refractivity contribution in [2.24, 2.45) is 0 Å². The van der Waals surface area contributed by atoms with E-state index in [0.29, 0.717) is 17.8 Å². The van der Waals surface area contributed by atoms with E-state index in [1.54, 1.807) is 31.4 Å². The molecule has 1 aliphatic carbocycles. The Hall–Kier alpha value is -2.36. The Labute approximate surface area is 128 Å². The first-order valence-corrected chi connectivity index (χ1v) is 7.25. The van der Waals surface area contributed by atoms with Crippen LogP contribution in [0.2, 0.25) is 0 Å². The van der Waals surface area contributed by atoms with Crippen molar-refractivity contribution in [2.75, 3.05) is 0 Å². The van der Waals surface area contributed by atoms with Gasteiger partial charge in [-0.1, -0.05) is 12.6 Å². The molecule has 2 aromatic rings. The Morgan fingerprint density at radius 3 is 2.91 bits per heavy atom. The lowest BCUT2D eigenvalue weighted by molar-refractivity contribution is -0.154. The summed E-state index contributed by atoms with van der Waals surface area (Å²) >= 11 is 0. The molecule has 0 radical (unpaired) electrons. The maximum atomic E-state index is 13.5. The molecule has 0 saturated heterocycles. The van der Waals surface area contributed by atoms with Gasteiger partial charge in [0.2, 0.25) is 0 Å². The maximum Gasteiger partial charge on any atom is 0.334 e. The number of rotatable bonds is 3. The van der Waals surface area contributed by atoms with Gasteiger partial charge in [-0.15, -0.1) is 0 Å². The van der Waals surface area contributed by atoms with E-state index in [0.717, 1.165) is 24.0 Å². The molecule has 3 nitrogen and oxygen atoms in total. The minimum absolute atomic E-state index is 0.291. The molecular weight excluding hydrogens is 283 g/mol. The van der Waals surface area contributed by atoms with Crippen LogP contribution in [-0.4, -0.2) is 5.97 Å². The average molecular weight is 300 g/mol. The van der Waals surface area contributed by atoms with E-state index in [4.69, 9.17) is 9.15 Å². The number of ether oxygens (including phenoxy) is 1. The van der Waals surface area contributed by atoms with Crippen molar-refractivity contribution >= 4 is 5.97 Å². The number of aryl methyl sites for hydroxylation is 1. The number of halogens is 1. The van der Waals surface area contributed by atoms with Gasteiger partial charge in [0.05, 0.1) is 6.26 Å². The van der Waals surface area contributed by atoms with Crippen molar-refractivity contribution in [3.63, 3.8) is 0 Å². The largest absolute Gasteiger partial charge is 0.465 e. The molecule has 1 aromatic heterocycles. The lowest BCUT2D eigenvalue weighted by atomic mass is 9.77. The third-order valence-electron chi connectivity index (χ3n) is 4.01. The number of furan rings is 1. The summed E-state index contributed by atoms with van der Waals surface area (Å²) in [7, 11) is 0. The van der Waals surface area contributed by atoms with Crippen molar-refractivity contribution in [3.05, 3.63) is 71.5 Å². The fourth-order valence-corrected chi connectivity index (χ4v) is 2.99. The molecule has 1 heterocycles. The summed E-state index contributed by atoms with van der Waals surface area (Å²) in [4.78, 5) is 12.2. The first-order valence-electron chi connectivity index (χ1n) is 7.25. The number of fused-ring (bicyclic) bond motifs is 1. The van der Waals surface area contributed by atoms with E-state index < -0.39 is 11.6 Å². The van der Waals surface area contributed by atoms with Crippen LogP contribution in [-0.2, 0) is 21.6 Å². The number of hydrogen-bond donors (Lipinski definition) is 0. The molecular formula is C18H17FO3. The lowest BCUT2D eigenvalue weighted by Gasteiger charge is -2.37. The second-order valence-corrected chi connectivity index (χ2v) is 5.63. The highest BCUT2D eigenvalue weighted by Gasteiger charge is 2.44. The van der Waals surface area contributed by atoms with E-state index in [1.807, 2.05) is 0 Å². The molecule has 22 heavy (non-hydrogen) atoms. The summed E-state index contributed by atoms with van der Waals surface area (Å²) in [6.45, 7) is 5.24. The van der Waals surface area contributed by atoms with Gasteiger partial charge in [0.1, 0.15) is 5.82 Å². The van der Waals surface area contributed by atoms with E-state index in [9.17, 15) is 9.18 Å². The predicted molar refractivity (Wildman–Crippen MR) is 79.7 cm³/mol. The first-order chi connectivity index (χ1) is 10.5. The van der Waals surface area contributed by atoms with Gasteiger partial charge in [0.25, 0.3) is 0 Å². The number of carbonyl (C=O) groups is 1. The zero-order valence-corrected chi connectivity index (χ0v) is 12.4. The Morgan fingerprint density at radius 2 is 2.23 bits per heavy atom. The molecule has 0 saturated carbocycles. The van der Waals surface area contributed by atoms with Crippen molar-refractivity contribution in [1.29, 1.82) is 0 Å². The van der Waals surface area contributed by atoms with Crippen molar-refractivity contribution in [1.82, 2.24) is 0 Å². The second-order valence-electron chi connectivity index (χ2n) is 5.63. The van der Waals surface area contributed by atoms with Crippen LogP contribution in [0.25, 0.3) is 0 Å². The third-order valence-corrected chi connectivity index (χ3v) is 4.01. The molecule has 0 aliphatic heterocycles. The van der Waals surface area contributed by atoms with Crippen LogP contribution in [0, 0.1) is 5.82 Å². The molecule has 0 fully saturated rings. The predicted octanol–water partition coefficient (Wildman–Crippen LogP) is 4.12. The van der Waals surface area contributed by atoms with Crippen LogP contribution in [0.1, 0.15) is 36.7 Å². The van der Waals surface area contributed by atoms with Crippen LogP contribution >= 0.6 is 0 Å². The van der Waals surface area contributed by atoms with Crippen LogP contribution in [0.3, 0.4) is 0 Å². The van der Waals surface area contributed by atoms with Crippen LogP contribution in [0.5, 0.6) is 0 Å². The Balaban J connectivity index is 2.16. The fourth-order valence-electron chi connectivity index (χ4n) is 2.99. The highest BCUT2D eigenvalue weighted by Crippen LogP contribution is 2.44. The minimum Gasteiger partial charge on any atom is -0.465 e. The van der Waals surface area contributed by atoms with Gasteiger partial charge in [-0.3, -0.25) is 0 Å². The van der Waals surface area contributed by atoms with E-state index in [-0.39, 0.29) is 5.82 Å². The first kappa shape index (κ1) is 14.6. The topological polar surface area (TPSA) is 39.4 Å². The van der Waals surface area contributed by atoms with Gasteiger partial charge >= 0.3 is 5.97 Å². The maximum absolute atomic E-state index is 13.5. The quantitative estimate of drug-likeness (QED) is 0.632. The third kappa shape index (κ3) is 2.34. The normalized spacial score (nSPS) is 20.3. The minimum atomic E-state index is -1.01. The van der Waals surface area contributed by atoms with E-state index in [1.165, 1.54) is 12.1 Å². The Kier molecular flexibility index (Phi) is 3.61. The summed E-state index contributed by atoms with van der Waals surface area (Å²) in [5.41, 5.74) is 0.933. The molecule has 0 N–H and O–H groups in total. The molecule has 0 amide bonds. The molecule has 3 rings (SSSR count). The van der Waals surface area contributed by atoms with Crippen LogP contribution in [0.4, 0.5) is 4.39 Å². The van der Waals surface area contributed by atoms with Gasteiger partial charge < -0.3 is 9.15 Å². The second kappa shape index (κ2) is 5.44. The highest BCUT2D eigenvalue weighted by atomic mass is 19.1. The molecule has 1 unspecified atom stereocenters. The van der Waals surface area contributed by atoms with E-state index >= 15 is 0 Å². The SMILES string of the molecule is C=C(C)C(=O)OC1(c2ccco2)CCCc2cc(F)ccc21. The molecule has 4 heteroatoms. The summed E-state index contributed by atoms with van der Waals surface area (Å²) < 4.78 is 24.9. The number of hydrogen-bond acceptors (Lipinski definition) is 3. The Bertz CT molecular complexity index is 718. The monoisotopic (exact) mass is 300 g/mol. The van der Waals surface area contributed by atoms with Crippen molar-refractivity contribution in [3.8, 4) is 0 Å². The summed E-state index contributed by atoms with van der Waals surface area (Å²) in [5.74, 6) is -0.219. The summed E-state index contributed by atoms with van der Waals surface area (Å²) in [6, 6.07) is 8.10. The van der Waals surface area contributed by atoms with Gasteiger partial charge in [0, 0.05) is 11.1 Å². The van der Waals surface area contributed by atoms with Crippen molar-refractivity contribution in [2.45, 2.75) is 31.8 Å². The lowest BCUT2D eigenvalue weighted by Crippen LogP contribution is -2.37. The standard InChI is InChI=1S/C18H17FO3/c1-12(2)17(20)22-18(16-6-4-10-21-16)9-3-5-13-11-14(19)7-8-15(13)18/h4,6-8,10-11H,1,3,5,9H2,2H3.